The maximum atomic E-state index is 13.4. The first-order valence-corrected chi connectivity index (χ1v) is 10.9. The summed E-state index contributed by atoms with van der Waals surface area (Å²) in [6.45, 7) is 4.25. The van der Waals surface area contributed by atoms with Crippen molar-refractivity contribution in [3.63, 3.8) is 0 Å². The summed E-state index contributed by atoms with van der Waals surface area (Å²) in [7, 11) is 0. The van der Waals surface area contributed by atoms with Crippen LogP contribution in [0.5, 0.6) is 0 Å². The number of nitrogens with zero attached hydrogens (tertiary/aromatic N) is 2. The van der Waals surface area contributed by atoms with Gasteiger partial charge in [-0.15, -0.1) is 17.9 Å². The topological polar surface area (TPSA) is 75.5 Å². The molecule has 2 aromatic rings. The number of carbonyl (C=O) groups excluding carboxylic acids is 1. The quantitative estimate of drug-likeness (QED) is 0.347. The van der Waals surface area contributed by atoms with Crippen molar-refractivity contribution in [2.45, 2.75) is 50.6 Å². The first-order valence-electron chi connectivity index (χ1n) is 10.1. The van der Waals surface area contributed by atoms with Gasteiger partial charge >= 0.3 is 0 Å². The molecule has 1 amide bonds. The van der Waals surface area contributed by atoms with E-state index >= 15 is 0 Å². The van der Waals surface area contributed by atoms with Gasteiger partial charge in [0, 0.05) is 23.5 Å². The number of thiophene rings is 1. The van der Waals surface area contributed by atoms with Crippen molar-refractivity contribution in [3.8, 4) is 0 Å². The van der Waals surface area contributed by atoms with Crippen molar-refractivity contribution < 1.29 is 9.72 Å². The van der Waals surface area contributed by atoms with Gasteiger partial charge in [0.1, 0.15) is 11.7 Å². The fourth-order valence-electron chi connectivity index (χ4n) is 3.88. The Morgan fingerprint density at radius 1 is 1.28 bits per heavy atom. The number of carbonyl (C=O) groups is 1. The van der Waals surface area contributed by atoms with Crippen LogP contribution < -0.4 is 10.2 Å². The number of benzene rings is 1. The molecule has 1 unspecified atom stereocenters. The van der Waals surface area contributed by atoms with Gasteiger partial charge in [0.15, 0.2) is 0 Å². The lowest BCUT2D eigenvalue weighted by atomic mass is 9.95. The van der Waals surface area contributed by atoms with Crippen LogP contribution in [0.4, 0.5) is 11.4 Å². The lowest BCUT2D eigenvalue weighted by Gasteiger charge is -2.33. The van der Waals surface area contributed by atoms with Crippen LogP contribution in [0.25, 0.3) is 0 Å². The highest BCUT2D eigenvalue weighted by molar-refractivity contribution is 7.10. The van der Waals surface area contributed by atoms with E-state index in [2.05, 4.69) is 11.9 Å². The summed E-state index contributed by atoms with van der Waals surface area (Å²) in [5.74, 6) is -0.0958. The summed E-state index contributed by atoms with van der Waals surface area (Å²) in [6.07, 6.45) is 7.82. The third-order valence-corrected chi connectivity index (χ3v) is 6.21. The van der Waals surface area contributed by atoms with E-state index in [9.17, 15) is 14.9 Å². The number of para-hydroxylation sites is 2. The molecule has 1 fully saturated rings. The van der Waals surface area contributed by atoms with Crippen LogP contribution in [0.3, 0.4) is 0 Å². The van der Waals surface area contributed by atoms with Crippen LogP contribution >= 0.6 is 11.3 Å². The summed E-state index contributed by atoms with van der Waals surface area (Å²) in [5, 5.41) is 16.8. The number of nitro groups is 1. The molecular weight excluding hydrogens is 386 g/mol. The van der Waals surface area contributed by atoms with Crippen LogP contribution in [0, 0.1) is 10.1 Å². The summed E-state index contributed by atoms with van der Waals surface area (Å²) in [5.41, 5.74) is 0.458. The van der Waals surface area contributed by atoms with E-state index < -0.39 is 6.04 Å². The zero-order valence-corrected chi connectivity index (χ0v) is 17.3. The molecule has 0 aliphatic heterocycles. The van der Waals surface area contributed by atoms with Crippen molar-refractivity contribution in [2.24, 2.45) is 0 Å². The number of hydrogen-bond donors (Lipinski definition) is 1. The van der Waals surface area contributed by atoms with E-state index in [0.717, 1.165) is 30.6 Å². The molecule has 1 aromatic heterocycles. The second-order valence-electron chi connectivity index (χ2n) is 7.28. The highest BCUT2D eigenvalue weighted by Gasteiger charge is 2.33. The van der Waals surface area contributed by atoms with Crippen molar-refractivity contribution in [1.82, 2.24) is 5.32 Å². The molecule has 1 saturated carbocycles. The maximum absolute atomic E-state index is 13.4. The van der Waals surface area contributed by atoms with Gasteiger partial charge < -0.3 is 10.2 Å². The van der Waals surface area contributed by atoms with Crippen LogP contribution in [-0.4, -0.2) is 23.4 Å². The van der Waals surface area contributed by atoms with Gasteiger partial charge in [0.25, 0.3) is 5.69 Å². The predicted molar refractivity (Wildman–Crippen MR) is 117 cm³/mol. The number of nitro benzene ring substituents is 1. The van der Waals surface area contributed by atoms with Gasteiger partial charge in [-0.05, 0) is 36.8 Å². The average Bonchev–Trinajstić information content (AvgIpc) is 3.26. The Kier molecular flexibility index (Phi) is 7.41. The monoisotopic (exact) mass is 413 g/mol. The third-order valence-electron chi connectivity index (χ3n) is 5.29. The Morgan fingerprint density at radius 3 is 2.69 bits per heavy atom. The van der Waals surface area contributed by atoms with Crippen LogP contribution in [-0.2, 0) is 4.79 Å². The summed E-state index contributed by atoms with van der Waals surface area (Å²) in [6, 6.07) is 10.0. The molecule has 29 heavy (non-hydrogen) atoms. The molecule has 7 heteroatoms. The lowest BCUT2D eigenvalue weighted by Crippen LogP contribution is -2.45. The molecule has 1 aliphatic carbocycles. The molecule has 3 rings (SSSR count). The molecule has 6 nitrogen and oxygen atoms in total. The minimum Gasteiger partial charge on any atom is -0.351 e. The Balaban J connectivity index is 1.98. The van der Waals surface area contributed by atoms with Gasteiger partial charge in [-0.25, -0.2) is 0 Å². The fourth-order valence-corrected chi connectivity index (χ4v) is 4.71. The number of hydrogen-bond acceptors (Lipinski definition) is 5. The zero-order valence-electron chi connectivity index (χ0n) is 16.5. The third kappa shape index (κ3) is 5.23. The maximum Gasteiger partial charge on any atom is 0.292 e. The highest BCUT2D eigenvalue weighted by Crippen LogP contribution is 2.36. The van der Waals surface area contributed by atoms with Crippen LogP contribution in [0.15, 0.2) is 54.4 Å². The van der Waals surface area contributed by atoms with Gasteiger partial charge in [-0.3, -0.25) is 14.9 Å². The number of rotatable bonds is 9. The highest BCUT2D eigenvalue weighted by atomic mass is 32.1. The molecule has 1 N–H and O–H groups in total. The summed E-state index contributed by atoms with van der Waals surface area (Å²) in [4.78, 5) is 27.4. The van der Waals surface area contributed by atoms with Crippen molar-refractivity contribution in [2.75, 3.05) is 11.4 Å². The number of anilines is 1. The van der Waals surface area contributed by atoms with Crippen LogP contribution in [0.2, 0.25) is 0 Å². The smallest absolute Gasteiger partial charge is 0.292 e. The second-order valence-corrected chi connectivity index (χ2v) is 8.26. The van der Waals surface area contributed by atoms with Gasteiger partial charge in [0.05, 0.1) is 4.92 Å². The molecule has 1 heterocycles. The predicted octanol–water partition coefficient (Wildman–Crippen LogP) is 5.23. The largest absolute Gasteiger partial charge is 0.351 e. The second kappa shape index (κ2) is 10.2. The van der Waals surface area contributed by atoms with E-state index in [0.29, 0.717) is 18.7 Å². The summed E-state index contributed by atoms with van der Waals surface area (Å²) >= 11 is 1.49. The fraction of sp³-hybridized carbons (Fsp3) is 0.409. The molecule has 0 bridgehead atoms. The van der Waals surface area contributed by atoms with Gasteiger partial charge in [-0.1, -0.05) is 43.5 Å². The normalized spacial score (nSPS) is 15.4. The van der Waals surface area contributed by atoms with Crippen molar-refractivity contribution >= 4 is 28.6 Å². The van der Waals surface area contributed by atoms with E-state index in [4.69, 9.17) is 0 Å². The van der Waals surface area contributed by atoms with Crippen molar-refractivity contribution in [1.29, 1.82) is 0 Å². The Labute approximate surface area is 175 Å². The van der Waals surface area contributed by atoms with Crippen molar-refractivity contribution in [3.05, 3.63) is 69.4 Å². The van der Waals surface area contributed by atoms with E-state index in [1.807, 2.05) is 22.4 Å². The first-order chi connectivity index (χ1) is 14.1. The Bertz CT molecular complexity index is 832. The average molecular weight is 414 g/mol. The van der Waals surface area contributed by atoms with E-state index in [-0.39, 0.29) is 22.6 Å². The molecule has 0 radical (unpaired) electrons. The number of nitrogens with one attached hydrogen (secondary N) is 1. The standard InChI is InChI=1S/C22H27N3O3S/c1-2-3-15-24(18-12-7-8-13-19(18)25(27)28)21(20-14-9-16-29-20)22(26)23-17-10-5-4-6-11-17/h2,7-9,12-14,16-17,21H,1,3-6,10-11,15H2,(H,23,26). The lowest BCUT2D eigenvalue weighted by molar-refractivity contribution is -0.384. The Hall–Kier alpha value is -2.67. The molecule has 0 saturated heterocycles. The van der Waals surface area contributed by atoms with Gasteiger partial charge in [-0.2, -0.15) is 0 Å². The Morgan fingerprint density at radius 2 is 2.03 bits per heavy atom. The minimum atomic E-state index is -0.613. The SMILES string of the molecule is C=CCCN(c1ccccc1[N+](=O)[O-])C(C(=O)NC1CCCCC1)c1cccs1. The van der Waals surface area contributed by atoms with E-state index in [1.54, 1.807) is 24.3 Å². The number of amides is 1. The molecular formula is C22H27N3O3S. The molecule has 1 aromatic carbocycles. The zero-order chi connectivity index (χ0) is 20.6. The molecule has 1 aliphatic rings. The molecule has 154 valence electrons. The first kappa shape index (κ1) is 21.0. The molecule has 0 spiro atoms. The molecule has 1 atom stereocenters. The van der Waals surface area contributed by atoms with Gasteiger partial charge in [0.2, 0.25) is 5.91 Å². The van der Waals surface area contributed by atoms with Crippen LogP contribution in [0.1, 0.15) is 49.4 Å². The van der Waals surface area contributed by atoms with E-state index in [1.165, 1.54) is 23.8 Å². The minimum absolute atomic E-state index is 0.00332. The summed E-state index contributed by atoms with van der Waals surface area (Å²) < 4.78 is 0.